The van der Waals surface area contributed by atoms with Gasteiger partial charge in [0, 0.05) is 9.75 Å². The number of aromatic nitrogens is 2. The van der Waals surface area contributed by atoms with Crippen molar-refractivity contribution in [3.63, 3.8) is 0 Å². The first-order chi connectivity index (χ1) is 7.66. The van der Waals surface area contributed by atoms with Gasteiger partial charge in [-0.1, -0.05) is 0 Å². The number of H-pyrrole nitrogens is 1. The van der Waals surface area contributed by atoms with Crippen molar-refractivity contribution >= 4 is 33.1 Å². The number of thiophene rings is 1. The van der Waals surface area contributed by atoms with E-state index in [1.807, 2.05) is 0 Å². The topological polar surface area (TPSA) is 57.8 Å². The minimum absolute atomic E-state index is 0.181. The molecule has 0 atom stereocenters. The highest BCUT2D eigenvalue weighted by Gasteiger charge is 2.04. The summed E-state index contributed by atoms with van der Waals surface area (Å²) < 4.78 is 0.434. The molecule has 84 valence electrons. The minimum Gasteiger partial charge on any atom is -0.364 e. The van der Waals surface area contributed by atoms with Crippen LogP contribution in [0.5, 0.6) is 0 Å². The largest absolute Gasteiger partial charge is 0.364 e. The van der Waals surface area contributed by atoms with Gasteiger partial charge in [-0.3, -0.25) is 4.79 Å². The second-order valence-electron chi connectivity index (χ2n) is 3.26. The molecule has 0 aliphatic rings. The lowest BCUT2D eigenvalue weighted by Gasteiger charge is -2.04. The summed E-state index contributed by atoms with van der Waals surface area (Å²) in [7, 11) is 0. The predicted molar refractivity (Wildman–Crippen MR) is 68.9 cm³/mol. The van der Waals surface area contributed by atoms with Gasteiger partial charge in [-0.25, -0.2) is 4.98 Å². The SMILES string of the molecule is Cc1ccc(CNc2nc[nH]c(=O)c2Br)s1. The van der Waals surface area contributed by atoms with Crippen LogP contribution in [0.15, 0.2) is 27.7 Å². The Morgan fingerprint density at radius 1 is 1.56 bits per heavy atom. The molecule has 0 aliphatic carbocycles. The van der Waals surface area contributed by atoms with Gasteiger partial charge < -0.3 is 10.3 Å². The lowest BCUT2D eigenvalue weighted by molar-refractivity contribution is 1.06. The molecule has 4 nitrogen and oxygen atoms in total. The molecule has 2 aromatic heterocycles. The van der Waals surface area contributed by atoms with Crippen LogP contribution < -0.4 is 10.9 Å². The fraction of sp³-hybridized carbons (Fsp3) is 0.200. The van der Waals surface area contributed by atoms with Crippen molar-refractivity contribution < 1.29 is 0 Å². The maximum absolute atomic E-state index is 11.3. The molecule has 0 fully saturated rings. The molecule has 2 N–H and O–H groups in total. The van der Waals surface area contributed by atoms with E-state index in [-0.39, 0.29) is 5.56 Å². The van der Waals surface area contributed by atoms with E-state index in [9.17, 15) is 4.79 Å². The van der Waals surface area contributed by atoms with Gasteiger partial charge in [0.05, 0.1) is 12.9 Å². The minimum atomic E-state index is -0.181. The molecule has 0 saturated heterocycles. The normalized spacial score (nSPS) is 10.4. The number of nitrogens with one attached hydrogen (secondary N) is 2. The number of hydrogen-bond acceptors (Lipinski definition) is 4. The van der Waals surface area contributed by atoms with E-state index < -0.39 is 0 Å². The van der Waals surface area contributed by atoms with Gasteiger partial charge in [0.15, 0.2) is 0 Å². The summed E-state index contributed by atoms with van der Waals surface area (Å²) >= 11 is 4.92. The standard InChI is InChI=1S/C10H10BrN3OS/c1-6-2-3-7(16-6)4-12-9-8(11)10(15)14-5-13-9/h2-3,5H,4H2,1H3,(H2,12,13,14,15). The van der Waals surface area contributed by atoms with Crippen LogP contribution in [0.25, 0.3) is 0 Å². The van der Waals surface area contributed by atoms with E-state index in [4.69, 9.17) is 0 Å². The number of hydrogen-bond donors (Lipinski definition) is 2. The van der Waals surface area contributed by atoms with E-state index in [2.05, 4.69) is 50.3 Å². The average molecular weight is 300 g/mol. The predicted octanol–water partition coefficient (Wildman–Crippen LogP) is 2.51. The van der Waals surface area contributed by atoms with Crippen LogP contribution >= 0.6 is 27.3 Å². The second-order valence-corrected chi connectivity index (χ2v) is 5.43. The van der Waals surface area contributed by atoms with Gasteiger partial charge >= 0.3 is 0 Å². The van der Waals surface area contributed by atoms with E-state index >= 15 is 0 Å². The molecular weight excluding hydrogens is 290 g/mol. The van der Waals surface area contributed by atoms with Crippen LogP contribution in [0.3, 0.4) is 0 Å². The van der Waals surface area contributed by atoms with Crippen LogP contribution in [0.2, 0.25) is 0 Å². The molecule has 6 heteroatoms. The van der Waals surface area contributed by atoms with Crippen molar-refractivity contribution in [3.05, 3.63) is 43.0 Å². The zero-order valence-corrected chi connectivity index (χ0v) is 11.0. The molecule has 2 rings (SSSR count). The van der Waals surface area contributed by atoms with E-state index in [0.29, 0.717) is 16.8 Å². The number of aromatic amines is 1. The van der Waals surface area contributed by atoms with Crippen LogP contribution in [-0.2, 0) is 6.54 Å². The molecule has 0 bridgehead atoms. The monoisotopic (exact) mass is 299 g/mol. The van der Waals surface area contributed by atoms with Gasteiger partial charge in [-0.2, -0.15) is 0 Å². The molecule has 0 unspecified atom stereocenters. The van der Waals surface area contributed by atoms with E-state index in [0.717, 1.165) is 0 Å². The zero-order chi connectivity index (χ0) is 11.5. The molecule has 0 radical (unpaired) electrons. The zero-order valence-electron chi connectivity index (χ0n) is 8.58. The highest BCUT2D eigenvalue weighted by Crippen LogP contribution is 2.18. The van der Waals surface area contributed by atoms with Crippen LogP contribution in [-0.4, -0.2) is 9.97 Å². The van der Waals surface area contributed by atoms with E-state index in [1.54, 1.807) is 11.3 Å². The first-order valence-corrected chi connectivity index (χ1v) is 6.30. The van der Waals surface area contributed by atoms with Gasteiger partial charge in [-0.05, 0) is 35.0 Å². The third-order valence-electron chi connectivity index (χ3n) is 2.02. The Kier molecular flexibility index (Phi) is 3.40. The third kappa shape index (κ3) is 2.51. The Bertz CT molecular complexity index is 549. The van der Waals surface area contributed by atoms with Crippen molar-refractivity contribution in [1.29, 1.82) is 0 Å². The number of anilines is 1. The average Bonchev–Trinajstić information content (AvgIpc) is 2.67. The second kappa shape index (κ2) is 4.80. The maximum atomic E-state index is 11.3. The third-order valence-corrected chi connectivity index (χ3v) is 3.76. The fourth-order valence-electron chi connectivity index (χ4n) is 1.26. The van der Waals surface area contributed by atoms with Gasteiger partial charge in [0.25, 0.3) is 5.56 Å². The summed E-state index contributed by atoms with van der Waals surface area (Å²) in [6.45, 7) is 2.74. The van der Waals surface area contributed by atoms with Crippen LogP contribution in [0, 0.1) is 6.92 Å². The molecule has 0 saturated carbocycles. The molecule has 0 aliphatic heterocycles. The highest BCUT2D eigenvalue weighted by molar-refractivity contribution is 9.10. The lowest BCUT2D eigenvalue weighted by atomic mass is 10.4. The molecular formula is C10H10BrN3OS. The fourth-order valence-corrected chi connectivity index (χ4v) is 2.44. The van der Waals surface area contributed by atoms with E-state index in [1.165, 1.54) is 16.1 Å². The Labute approximate surface area is 105 Å². The Hall–Kier alpha value is -1.14. The Morgan fingerprint density at radius 2 is 2.38 bits per heavy atom. The number of nitrogens with zero attached hydrogens (tertiary/aromatic N) is 1. The van der Waals surface area contributed by atoms with Gasteiger partial charge in [-0.15, -0.1) is 11.3 Å². The molecule has 2 aromatic rings. The smallest absolute Gasteiger partial charge is 0.267 e. The summed E-state index contributed by atoms with van der Waals surface area (Å²) in [4.78, 5) is 20.3. The van der Waals surface area contributed by atoms with Crippen LogP contribution in [0.4, 0.5) is 5.82 Å². The molecule has 2 heterocycles. The number of rotatable bonds is 3. The van der Waals surface area contributed by atoms with Crippen LogP contribution in [0.1, 0.15) is 9.75 Å². The Balaban J connectivity index is 2.10. The lowest BCUT2D eigenvalue weighted by Crippen LogP contribution is -2.11. The van der Waals surface area contributed by atoms with Crippen molar-refractivity contribution in [2.45, 2.75) is 13.5 Å². The number of halogens is 1. The van der Waals surface area contributed by atoms with Crippen molar-refractivity contribution in [3.8, 4) is 0 Å². The first-order valence-electron chi connectivity index (χ1n) is 4.69. The summed E-state index contributed by atoms with van der Waals surface area (Å²) in [6, 6.07) is 4.13. The van der Waals surface area contributed by atoms with Gasteiger partial charge in [0.2, 0.25) is 0 Å². The van der Waals surface area contributed by atoms with Crippen molar-refractivity contribution in [2.24, 2.45) is 0 Å². The van der Waals surface area contributed by atoms with Crippen molar-refractivity contribution in [1.82, 2.24) is 9.97 Å². The summed E-state index contributed by atoms with van der Waals surface area (Å²) in [5.74, 6) is 0.565. The molecule has 16 heavy (non-hydrogen) atoms. The number of aryl methyl sites for hydroxylation is 1. The summed E-state index contributed by atoms with van der Waals surface area (Å²) in [6.07, 6.45) is 1.38. The first kappa shape index (κ1) is 11.3. The molecule has 0 spiro atoms. The Morgan fingerprint density at radius 3 is 3.06 bits per heavy atom. The summed E-state index contributed by atoms with van der Waals surface area (Å²) in [5, 5.41) is 3.12. The van der Waals surface area contributed by atoms with Gasteiger partial charge in [0.1, 0.15) is 10.3 Å². The quantitative estimate of drug-likeness (QED) is 0.915. The van der Waals surface area contributed by atoms with Crippen molar-refractivity contribution in [2.75, 3.05) is 5.32 Å². The molecule has 0 aromatic carbocycles. The molecule has 0 amide bonds. The highest BCUT2D eigenvalue weighted by atomic mass is 79.9. The maximum Gasteiger partial charge on any atom is 0.267 e. The summed E-state index contributed by atoms with van der Waals surface area (Å²) in [5.41, 5.74) is -0.181.